The van der Waals surface area contributed by atoms with Gasteiger partial charge in [0.1, 0.15) is 15.7 Å². The molecule has 1 amide bonds. The van der Waals surface area contributed by atoms with Crippen molar-refractivity contribution in [1.82, 2.24) is 15.3 Å². The third-order valence-corrected chi connectivity index (χ3v) is 4.86. The summed E-state index contributed by atoms with van der Waals surface area (Å²) in [5, 5.41) is 3.43. The van der Waals surface area contributed by atoms with Crippen LogP contribution in [-0.4, -0.2) is 26.8 Å². The highest BCUT2D eigenvalue weighted by Gasteiger charge is 2.22. The normalized spacial score (nSPS) is 15.7. The summed E-state index contributed by atoms with van der Waals surface area (Å²) >= 11 is 6.22. The van der Waals surface area contributed by atoms with E-state index >= 15 is 0 Å². The van der Waals surface area contributed by atoms with Gasteiger partial charge in [0.25, 0.3) is 5.91 Å². The number of aromatic nitrogens is 2. The molecule has 0 bridgehead atoms. The van der Waals surface area contributed by atoms with E-state index in [9.17, 15) is 4.79 Å². The highest BCUT2D eigenvalue weighted by molar-refractivity contribution is 8.26. The molecule has 1 aliphatic rings. The van der Waals surface area contributed by atoms with Gasteiger partial charge in [0, 0.05) is 47.2 Å². The van der Waals surface area contributed by atoms with Crippen LogP contribution in [0.25, 0.3) is 28.2 Å². The largest absolute Gasteiger partial charge is 0.478 e. The molecule has 3 aromatic rings. The first-order valence-electron chi connectivity index (χ1n) is 7.85. The summed E-state index contributed by atoms with van der Waals surface area (Å²) in [5.74, 6) is 0.923. The molecule has 1 saturated heterocycles. The van der Waals surface area contributed by atoms with Crippen LogP contribution in [0.2, 0.25) is 0 Å². The zero-order chi connectivity index (χ0) is 18.1. The summed E-state index contributed by atoms with van der Waals surface area (Å²) in [6.45, 7) is 2.48. The van der Waals surface area contributed by atoms with E-state index in [-0.39, 0.29) is 5.91 Å². The van der Waals surface area contributed by atoms with Crippen molar-refractivity contribution in [2.45, 2.75) is 6.92 Å². The molecule has 0 unspecified atom stereocenters. The molecule has 0 aliphatic carbocycles. The number of ether oxygens (including phenoxy) is 1. The molecule has 0 radical (unpaired) electrons. The van der Waals surface area contributed by atoms with Gasteiger partial charge in [-0.25, -0.2) is 4.98 Å². The highest BCUT2D eigenvalue weighted by Crippen LogP contribution is 2.32. The Morgan fingerprint density at radius 2 is 2.23 bits per heavy atom. The van der Waals surface area contributed by atoms with E-state index in [1.165, 1.54) is 11.8 Å². The van der Waals surface area contributed by atoms with Crippen LogP contribution in [0.3, 0.4) is 0 Å². The van der Waals surface area contributed by atoms with Gasteiger partial charge in [-0.2, -0.15) is 0 Å². The first kappa shape index (κ1) is 16.7. The van der Waals surface area contributed by atoms with Crippen molar-refractivity contribution in [1.29, 1.82) is 0 Å². The van der Waals surface area contributed by atoms with Crippen LogP contribution in [0.15, 0.2) is 46.1 Å². The lowest BCUT2D eigenvalue weighted by Gasteiger charge is -2.04. The van der Waals surface area contributed by atoms with Crippen LogP contribution < -0.4 is 10.1 Å². The van der Waals surface area contributed by atoms with Gasteiger partial charge in [-0.05, 0) is 19.1 Å². The van der Waals surface area contributed by atoms with Gasteiger partial charge in [0.15, 0.2) is 0 Å². The number of carbonyl (C=O) groups excluding carboxylic acids is 1. The molecule has 1 N–H and O–H groups in total. The molecule has 130 valence electrons. The number of carbonyl (C=O) groups is 1. The zero-order valence-electron chi connectivity index (χ0n) is 13.7. The van der Waals surface area contributed by atoms with E-state index in [4.69, 9.17) is 21.4 Å². The van der Waals surface area contributed by atoms with Gasteiger partial charge in [-0.1, -0.05) is 24.0 Å². The molecule has 26 heavy (non-hydrogen) atoms. The SMILES string of the molecule is CCOc1ccc(-c2cncc3cc(C=C4SC(=S)NC4=O)oc23)cn1. The lowest BCUT2D eigenvalue weighted by atomic mass is 10.1. The Labute approximate surface area is 158 Å². The summed E-state index contributed by atoms with van der Waals surface area (Å²) in [6, 6.07) is 5.56. The van der Waals surface area contributed by atoms with Crippen LogP contribution >= 0.6 is 24.0 Å². The summed E-state index contributed by atoms with van der Waals surface area (Å²) in [5.41, 5.74) is 2.37. The molecule has 1 fully saturated rings. The van der Waals surface area contributed by atoms with Crippen LogP contribution in [0.1, 0.15) is 12.7 Å². The summed E-state index contributed by atoms with van der Waals surface area (Å²) in [6.07, 6.45) is 6.85. The van der Waals surface area contributed by atoms with Crippen LogP contribution in [0.4, 0.5) is 0 Å². The molecule has 6 nitrogen and oxygen atoms in total. The van der Waals surface area contributed by atoms with E-state index in [0.717, 1.165) is 16.5 Å². The predicted molar refractivity (Wildman–Crippen MR) is 105 cm³/mol. The smallest absolute Gasteiger partial charge is 0.263 e. The molecule has 4 heterocycles. The summed E-state index contributed by atoms with van der Waals surface area (Å²) in [4.78, 5) is 20.9. The fourth-order valence-electron chi connectivity index (χ4n) is 2.58. The van der Waals surface area contributed by atoms with E-state index in [0.29, 0.717) is 33.1 Å². The Morgan fingerprint density at radius 3 is 2.92 bits per heavy atom. The van der Waals surface area contributed by atoms with Gasteiger partial charge < -0.3 is 14.5 Å². The molecule has 0 atom stereocenters. The van der Waals surface area contributed by atoms with Crippen molar-refractivity contribution in [2.24, 2.45) is 0 Å². The Hall–Kier alpha value is -2.71. The quantitative estimate of drug-likeness (QED) is 0.543. The van der Waals surface area contributed by atoms with Gasteiger partial charge in [-0.3, -0.25) is 9.78 Å². The molecule has 0 spiro atoms. The van der Waals surface area contributed by atoms with Gasteiger partial charge >= 0.3 is 0 Å². The number of fused-ring (bicyclic) bond motifs is 1. The van der Waals surface area contributed by atoms with Crippen molar-refractivity contribution in [2.75, 3.05) is 6.61 Å². The highest BCUT2D eigenvalue weighted by atomic mass is 32.2. The van der Waals surface area contributed by atoms with Gasteiger partial charge in [-0.15, -0.1) is 0 Å². The standard InChI is InChI=1S/C18H13N3O3S2/c1-2-23-15-4-3-10(8-20-15)13-9-19-7-11-5-12(24-16(11)13)6-14-17(22)21-18(25)26-14/h3-9H,2H2,1H3,(H,21,22,25). The van der Waals surface area contributed by atoms with Crippen molar-refractivity contribution in [3.05, 3.63) is 47.5 Å². The minimum atomic E-state index is -0.213. The van der Waals surface area contributed by atoms with E-state index in [1.807, 2.05) is 25.1 Å². The monoisotopic (exact) mass is 383 g/mol. The van der Waals surface area contributed by atoms with Crippen LogP contribution in [0.5, 0.6) is 5.88 Å². The molecule has 8 heteroatoms. The Bertz CT molecular complexity index is 1040. The molecule has 1 aliphatic heterocycles. The first-order valence-corrected chi connectivity index (χ1v) is 9.08. The number of thiocarbonyl (C=S) groups is 1. The Kier molecular flexibility index (Phi) is 4.44. The van der Waals surface area contributed by atoms with Crippen LogP contribution in [-0.2, 0) is 4.79 Å². The predicted octanol–water partition coefficient (Wildman–Crippen LogP) is 3.78. The van der Waals surface area contributed by atoms with Gasteiger partial charge in [0.05, 0.1) is 11.5 Å². The van der Waals surface area contributed by atoms with Crippen molar-refractivity contribution in [3.63, 3.8) is 0 Å². The minimum Gasteiger partial charge on any atom is -0.478 e. The number of thioether (sulfide) groups is 1. The fraction of sp³-hybridized carbons (Fsp3) is 0.111. The maximum absolute atomic E-state index is 11.8. The third kappa shape index (κ3) is 3.21. The second-order valence-electron chi connectivity index (χ2n) is 5.42. The number of nitrogens with one attached hydrogen (secondary N) is 1. The number of pyridine rings is 2. The molecule has 0 saturated carbocycles. The van der Waals surface area contributed by atoms with Crippen molar-refractivity contribution in [3.8, 4) is 17.0 Å². The topological polar surface area (TPSA) is 77.2 Å². The lowest BCUT2D eigenvalue weighted by molar-refractivity contribution is -0.115. The van der Waals surface area contributed by atoms with E-state index in [2.05, 4.69) is 15.3 Å². The van der Waals surface area contributed by atoms with E-state index < -0.39 is 0 Å². The Morgan fingerprint density at radius 1 is 1.35 bits per heavy atom. The second kappa shape index (κ2) is 6.89. The summed E-state index contributed by atoms with van der Waals surface area (Å²) < 4.78 is 11.8. The molecule has 0 aromatic carbocycles. The second-order valence-corrected chi connectivity index (χ2v) is 7.14. The number of nitrogens with zero attached hydrogens (tertiary/aromatic N) is 2. The number of rotatable bonds is 4. The maximum Gasteiger partial charge on any atom is 0.263 e. The third-order valence-electron chi connectivity index (χ3n) is 3.70. The average Bonchev–Trinajstić information content (AvgIpc) is 3.18. The van der Waals surface area contributed by atoms with E-state index in [1.54, 1.807) is 24.7 Å². The zero-order valence-corrected chi connectivity index (χ0v) is 15.3. The number of hydrogen-bond donors (Lipinski definition) is 1. The Balaban J connectivity index is 1.73. The maximum atomic E-state index is 11.8. The average molecular weight is 383 g/mol. The molecule has 3 aromatic heterocycles. The minimum absolute atomic E-state index is 0.213. The fourth-order valence-corrected chi connectivity index (χ4v) is 3.61. The number of amides is 1. The molecular formula is C18H13N3O3S2. The van der Waals surface area contributed by atoms with Crippen molar-refractivity contribution < 1.29 is 13.9 Å². The van der Waals surface area contributed by atoms with Crippen LogP contribution in [0, 0.1) is 0 Å². The molecule has 4 rings (SSSR count). The van der Waals surface area contributed by atoms with Gasteiger partial charge in [0.2, 0.25) is 5.88 Å². The molecular weight excluding hydrogens is 370 g/mol. The first-order chi connectivity index (χ1) is 12.6. The van der Waals surface area contributed by atoms with Crippen molar-refractivity contribution >= 4 is 51.3 Å². The number of furan rings is 1. The number of hydrogen-bond acceptors (Lipinski definition) is 7. The summed E-state index contributed by atoms with van der Waals surface area (Å²) in [7, 11) is 0. The lowest BCUT2D eigenvalue weighted by Crippen LogP contribution is -2.17.